The molecule has 0 unspecified atom stereocenters. The van der Waals surface area contributed by atoms with Gasteiger partial charge in [-0.15, -0.1) is 0 Å². The number of Topliss-reactive ketones (excluding diaryl/α,β-unsaturated/α-hetero) is 1. The Balaban J connectivity index is 1.91. The molecule has 0 saturated carbocycles. The molecule has 8 nitrogen and oxygen atoms in total. The molecule has 0 radical (unpaired) electrons. The zero-order chi connectivity index (χ0) is 26.9. The van der Waals surface area contributed by atoms with Crippen LogP contribution >= 0.6 is 11.8 Å². The Morgan fingerprint density at radius 1 is 1.22 bits per heavy atom. The Morgan fingerprint density at radius 2 is 1.95 bits per heavy atom. The number of nitrogens with one attached hydrogen (secondary N) is 1. The van der Waals surface area contributed by atoms with Crippen molar-refractivity contribution < 1.29 is 19.1 Å². The van der Waals surface area contributed by atoms with Crippen molar-refractivity contribution in [3.8, 4) is 11.6 Å². The van der Waals surface area contributed by atoms with Crippen LogP contribution in [0.3, 0.4) is 0 Å². The fraction of sp³-hybridized carbons (Fsp3) is 0.286. The van der Waals surface area contributed by atoms with Crippen molar-refractivity contribution in [2.75, 3.05) is 34.4 Å². The molecule has 3 rings (SSSR count). The number of likely N-dealkylation sites (tertiary alicyclic amines) is 1. The average molecular weight is 521 g/mol. The van der Waals surface area contributed by atoms with Gasteiger partial charge in [0, 0.05) is 31.9 Å². The lowest BCUT2D eigenvalue weighted by Crippen LogP contribution is -2.41. The van der Waals surface area contributed by atoms with Gasteiger partial charge < -0.3 is 19.4 Å². The van der Waals surface area contributed by atoms with E-state index in [1.54, 1.807) is 23.4 Å². The number of ether oxygens (including phenoxy) is 2. The number of pyridine rings is 1. The number of rotatable bonds is 9. The number of aromatic nitrogens is 2. The van der Waals surface area contributed by atoms with Crippen molar-refractivity contribution in [2.24, 2.45) is 4.99 Å². The van der Waals surface area contributed by atoms with Crippen LogP contribution in [0.5, 0.6) is 11.6 Å². The maximum atomic E-state index is 13.3. The van der Waals surface area contributed by atoms with E-state index in [4.69, 9.17) is 9.47 Å². The highest BCUT2D eigenvalue weighted by atomic mass is 32.2. The van der Waals surface area contributed by atoms with E-state index in [0.29, 0.717) is 48.5 Å². The van der Waals surface area contributed by atoms with Crippen molar-refractivity contribution in [3.05, 3.63) is 77.5 Å². The number of methoxy groups -OCH3 is 2. The molecular weight excluding hydrogens is 488 g/mol. The predicted octanol–water partition coefficient (Wildman–Crippen LogP) is 5.28. The number of carbonyl (C=O) groups excluding carboxylic acids is 2. The first-order chi connectivity index (χ1) is 17.9. The molecule has 0 bridgehead atoms. The Morgan fingerprint density at radius 3 is 2.51 bits per heavy atom. The van der Waals surface area contributed by atoms with Crippen LogP contribution in [0.25, 0.3) is 10.9 Å². The number of ketones is 1. The molecule has 0 aliphatic carbocycles. The van der Waals surface area contributed by atoms with E-state index in [1.165, 1.54) is 43.9 Å². The second-order valence-corrected chi connectivity index (χ2v) is 9.01. The molecule has 2 aromatic rings. The van der Waals surface area contributed by atoms with Crippen LogP contribution in [0.1, 0.15) is 30.1 Å². The van der Waals surface area contributed by atoms with Gasteiger partial charge in [0.15, 0.2) is 0 Å². The molecule has 1 amide bonds. The van der Waals surface area contributed by atoms with Gasteiger partial charge in [-0.3, -0.25) is 14.6 Å². The van der Waals surface area contributed by atoms with Crippen molar-refractivity contribution in [1.29, 1.82) is 0 Å². The topological polar surface area (TPSA) is 96.9 Å². The van der Waals surface area contributed by atoms with Gasteiger partial charge in [-0.25, -0.2) is 4.98 Å². The quantitative estimate of drug-likeness (QED) is 0.159. The Bertz CT molecular complexity index is 1320. The number of carbonyl (C=O) groups is 2. The van der Waals surface area contributed by atoms with Gasteiger partial charge in [-0.2, -0.15) is 0 Å². The number of nitrogens with zero attached hydrogens (tertiary/aromatic N) is 3. The highest BCUT2D eigenvalue weighted by Crippen LogP contribution is 2.34. The van der Waals surface area contributed by atoms with E-state index in [-0.39, 0.29) is 5.56 Å². The molecule has 0 spiro atoms. The van der Waals surface area contributed by atoms with E-state index >= 15 is 0 Å². The van der Waals surface area contributed by atoms with Crippen LogP contribution in [0, 0.1) is 0 Å². The minimum atomic E-state index is -0.607. The minimum Gasteiger partial charge on any atom is -0.494 e. The normalized spacial score (nSPS) is 14.7. The van der Waals surface area contributed by atoms with Gasteiger partial charge in [-0.1, -0.05) is 54.8 Å². The van der Waals surface area contributed by atoms with Gasteiger partial charge in [0.05, 0.1) is 31.4 Å². The third-order valence-corrected chi connectivity index (χ3v) is 6.82. The fourth-order valence-corrected chi connectivity index (χ4v) is 5.02. The van der Waals surface area contributed by atoms with E-state index in [1.807, 2.05) is 25.2 Å². The van der Waals surface area contributed by atoms with E-state index in [0.717, 1.165) is 16.2 Å². The summed E-state index contributed by atoms with van der Waals surface area (Å²) in [4.78, 5) is 39.9. The molecule has 194 valence electrons. The molecule has 37 heavy (non-hydrogen) atoms. The monoisotopic (exact) mass is 520 g/mol. The number of aliphatic imine (C=N–C) groups is 1. The number of fused-ring (bicyclic) bond motifs is 1. The Hall–Kier alpha value is -3.85. The SMILES string of the molecule is C=C/C=C(\C=C/C)C(C(=NC)SC=C)=C1CCN(C(=O)C(=O)c2c[nH]c3c(OC)ncc(OC)c23)CC1. The number of H-pyrrole nitrogens is 1. The summed E-state index contributed by atoms with van der Waals surface area (Å²) in [5, 5.41) is 3.07. The van der Waals surface area contributed by atoms with Crippen LogP contribution in [0.4, 0.5) is 0 Å². The van der Waals surface area contributed by atoms with Crippen LogP contribution < -0.4 is 9.47 Å². The van der Waals surface area contributed by atoms with Gasteiger partial charge >= 0.3 is 0 Å². The van der Waals surface area contributed by atoms with E-state index in [2.05, 4.69) is 28.1 Å². The van der Waals surface area contributed by atoms with Gasteiger partial charge in [0.25, 0.3) is 11.7 Å². The molecule has 2 aromatic heterocycles. The Kier molecular flexibility index (Phi) is 9.68. The zero-order valence-corrected chi connectivity index (χ0v) is 22.5. The van der Waals surface area contributed by atoms with Crippen LogP contribution in [-0.2, 0) is 4.79 Å². The second-order valence-electron chi connectivity index (χ2n) is 8.06. The van der Waals surface area contributed by atoms with Crippen LogP contribution in [-0.4, -0.2) is 66.0 Å². The first-order valence-corrected chi connectivity index (χ1v) is 12.7. The van der Waals surface area contributed by atoms with Crippen LogP contribution in [0.2, 0.25) is 0 Å². The summed E-state index contributed by atoms with van der Waals surface area (Å²) in [6.07, 6.45) is 11.9. The third kappa shape index (κ3) is 5.77. The van der Waals surface area contributed by atoms with Crippen molar-refractivity contribution >= 4 is 39.4 Å². The molecule has 1 aliphatic heterocycles. The summed E-state index contributed by atoms with van der Waals surface area (Å²) in [5.74, 6) is -0.458. The zero-order valence-electron chi connectivity index (χ0n) is 21.7. The summed E-state index contributed by atoms with van der Waals surface area (Å²) >= 11 is 1.46. The second kappa shape index (κ2) is 12.9. The molecule has 1 N–H and O–H groups in total. The molecule has 0 atom stereocenters. The smallest absolute Gasteiger partial charge is 0.295 e. The molecule has 1 aliphatic rings. The summed E-state index contributed by atoms with van der Waals surface area (Å²) in [5.41, 5.74) is 3.91. The highest BCUT2D eigenvalue weighted by molar-refractivity contribution is 8.16. The van der Waals surface area contributed by atoms with Gasteiger partial charge in [-0.05, 0) is 30.7 Å². The lowest BCUT2D eigenvalue weighted by molar-refractivity contribution is -0.126. The Labute approximate surface area is 221 Å². The third-order valence-electron chi connectivity index (χ3n) is 6.04. The summed E-state index contributed by atoms with van der Waals surface area (Å²) in [7, 11) is 4.73. The number of thioether (sulfide) groups is 1. The fourth-order valence-electron chi connectivity index (χ4n) is 4.38. The number of hydrogen-bond donors (Lipinski definition) is 1. The maximum absolute atomic E-state index is 13.3. The van der Waals surface area contributed by atoms with Crippen LogP contribution in [0.15, 0.2) is 77.0 Å². The largest absolute Gasteiger partial charge is 0.494 e. The first kappa shape index (κ1) is 27.7. The number of piperidine rings is 1. The highest BCUT2D eigenvalue weighted by Gasteiger charge is 2.30. The summed E-state index contributed by atoms with van der Waals surface area (Å²) in [6.45, 7) is 10.5. The standard InChI is InChI=1S/C28H32N4O4S/c1-7-10-18(11-8-2)22(27(29-4)37-9-3)19-12-14-32(15-13-19)28(34)25(33)20-16-30-24-23(20)21(35-5)17-31-26(24)36-6/h7-11,16-17,30H,1,3,12-15H2,2,4-6H3/b11-8-,18-10+,29-27?. The molecule has 0 aromatic carbocycles. The molecular formula is C28H32N4O4S. The molecule has 1 saturated heterocycles. The lowest BCUT2D eigenvalue weighted by atomic mass is 9.92. The minimum absolute atomic E-state index is 0.228. The molecule has 3 heterocycles. The first-order valence-electron chi connectivity index (χ1n) is 11.8. The summed E-state index contributed by atoms with van der Waals surface area (Å²) in [6, 6.07) is 0. The number of allylic oxidation sites excluding steroid dienone is 5. The lowest BCUT2D eigenvalue weighted by Gasteiger charge is -2.30. The van der Waals surface area contributed by atoms with Gasteiger partial charge in [0.2, 0.25) is 5.88 Å². The maximum Gasteiger partial charge on any atom is 0.295 e. The van der Waals surface area contributed by atoms with E-state index in [9.17, 15) is 9.59 Å². The average Bonchev–Trinajstić information content (AvgIpc) is 3.37. The van der Waals surface area contributed by atoms with Crippen molar-refractivity contribution in [2.45, 2.75) is 19.8 Å². The number of amides is 1. The van der Waals surface area contributed by atoms with Crippen molar-refractivity contribution in [3.63, 3.8) is 0 Å². The molecule has 1 fully saturated rings. The molecule has 9 heteroatoms. The number of aromatic amines is 1. The van der Waals surface area contributed by atoms with Crippen molar-refractivity contribution in [1.82, 2.24) is 14.9 Å². The summed E-state index contributed by atoms with van der Waals surface area (Å²) < 4.78 is 10.7. The number of hydrogen-bond acceptors (Lipinski definition) is 7. The predicted molar refractivity (Wildman–Crippen MR) is 151 cm³/mol. The van der Waals surface area contributed by atoms with E-state index < -0.39 is 11.7 Å². The van der Waals surface area contributed by atoms with Gasteiger partial charge in [0.1, 0.15) is 16.3 Å².